The number of benzene rings is 1. The van der Waals surface area contributed by atoms with E-state index in [1.165, 1.54) is 12.1 Å². The van der Waals surface area contributed by atoms with E-state index in [9.17, 15) is 9.18 Å². The Morgan fingerprint density at radius 2 is 1.84 bits per heavy atom. The van der Waals surface area contributed by atoms with E-state index in [0.29, 0.717) is 0 Å². The quantitative estimate of drug-likeness (QED) is 0.902. The van der Waals surface area contributed by atoms with Crippen molar-refractivity contribution in [3.63, 3.8) is 0 Å². The van der Waals surface area contributed by atoms with Gasteiger partial charge in [-0.3, -0.25) is 9.69 Å². The Kier molecular flexibility index (Phi) is 4.37. The molecule has 1 atom stereocenters. The first-order valence-electron chi connectivity index (χ1n) is 6.52. The van der Waals surface area contributed by atoms with Crippen LogP contribution >= 0.6 is 0 Å². The van der Waals surface area contributed by atoms with Crippen molar-refractivity contribution in [2.45, 2.75) is 19.4 Å². The van der Waals surface area contributed by atoms with E-state index < -0.39 is 5.97 Å². The zero-order chi connectivity index (χ0) is 13.8. The van der Waals surface area contributed by atoms with Gasteiger partial charge < -0.3 is 10.0 Å². The molecule has 0 saturated carbocycles. The molecule has 104 valence electrons. The summed E-state index contributed by atoms with van der Waals surface area (Å²) in [5.41, 5.74) is 1.02. The fourth-order valence-corrected chi connectivity index (χ4v) is 2.45. The van der Waals surface area contributed by atoms with Crippen LogP contribution in [0, 0.1) is 5.82 Å². The van der Waals surface area contributed by atoms with Gasteiger partial charge >= 0.3 is 5.97 Å². The molecule has 1 aromatic carbocycles. The van der Waals surface area contributed by atoms with Crippen LogP contribution < -0.4 is 4.90 Å². The molecule has 1 unspecified atom stereocenters. The fraction of sp³-hybridized carbons (Fsp3) is 0.500. The second-order valence-electron chi connectivity index (χ2n) is 4.95. The molecule has 1 saturated heterocycles. The third-order valence-corrected chi connectivity index (χ3v) is 3.60. The van der Waals surface area contributed by atoms with Crippen molar-refractivity contribution in [2.24, 2.45) is 0 Å². The van der Waals surface area contributed by atoms with Crippen molar-refractivity contribution >= 4 is 11.7 Å². The molecule has 1 aliphatic heterocycles. The van der Waals surface area contributed by atoms with E-state index in [4.69, 9.17) is 5.11 Å². The molecule has 1 aromatic rings. The number of carboxylic acids is 1. The van der Waals surface area contributed by atoms with Crippen molar-refractivity contribution in [1.29, 1.82) is 0 Å². The number of anilines is 1. The molecule has 0 bridgehead atoms. The number of piperazine rings is 1. The molecule has 1 fully saturated rings. The number of hydrogen-bond acceptors (Lipinski definition) is 3. The molecule has 5 heteroatoms. The smallest absolute Gasteiger partial charge is 0.304 e. The van der Waals surface area contributed by atoms with Gasteiger partial charge in [-0.1, -0.05) is 0 Å². The van der Waals surface area contributed by atoms with Gasteiger partial charge in [0, 0.05) is 37.9 Å². The minimum atomic E-state index is -0.756. The molecule has 1 N–H and O–H groups in total. The molecular formula is C14H19FN2O2. The number of carboxylic acid groups (broad SMARTS) is 1. The lowest BCUT2D eigenvalue weighted by Crippen LogP contribution is -2.50. The Morgan fingerprint density at radius 3 is 2.37 bits per heavy atom. The SMILES string of the molecule is CC(CC(=O)O)N1CCN(c2ccc(F)cc2)CC1. The summed E-state index contributed by atoms with van der Waals surface area (Å²) in [5, 5.41) is 8.80. The maximum Gasteiger partial charge on any atom is 0.304 e. The van der Waals surface area contributed by atoms with Gasteiger partial charge in [0.1, 0.15) is 5.82 Å². The van der Waals surface area contributed by atoms with Gasteiger partial charge in [0.2, 0.25) is 0 Å². The third-order valence-electron chi connectivity index (χ3n) is 3.60. The van der Waals surface area contributed by atoms with Gasteiger partial charge in [-0.2, -0.15) is 0 Å². The molecule has 0 spiro atoms. The van der Waals surface area contributed by atoms with Crippen molar-refractivity contribution in [2.75, 3.05) is 31.1 Å². The highest BCUT2D eigenvalue weighted by Crippen LogP contribution is 2.18. The van der Waals surface area contributed by atoms with Crippen LogP contribution in [-0.2, 0) is 4.79 Å². The van der Waals surface area contributed by atoms with Crippen molar-refractivity contribution in [3.05, 3.63) is 30.1 Å². The number of aliphatic carboxylic acids is 1. The van der Waals surface area contributed by atoms with Crippen LogP contribution in [0.25, 0.3) is 0 Å². The standard InChI is InChI=1S/C14H19FN2O2/c1-11(10-14(18)19)16-6-8-17(9-7-16)13-4-2-12(15)3-5-13/h2-5,11H,6-10H2,1H3,(H,18,19). The number of rotatable bonds is 4. The second kappa shape index (κ2) is 6.02. The Hall–Kier alpha value is -1.62. The van der Waals surface area contributed by atoms with E-state index in [2.05, 4.69) is 9.80 Å². The molecule has 0 radical (unpaired) electrons. The first-order chi connectivity index (χ1) is 9.06. The minimum absolute atomic E-state index is 0.0628. The normalized spacial score (nSPS) is 18.3. The summed E-state index contributed by atoms with van der Waals surface area (Å²) in [6.45, 7) is 5.31. The topological polar surface area (TPSA) is 43.8 Å². The van der Waals surface area contributed by atoms with Gasteiger partial charge in [0.25, 0.3) is 0 Å². The maximum atomic E-state index is 12.9. The Bertz CT molecular complexity index is 428. The van der Waals surface area contributed by atoms with Gasteiger partial charge in [-0.25, -0.2) is 4.39 Å². The lowest BCUT2D eigenvalue weighted by molar-refractivity contribution is -0.138. The van der Waals surface area contributed by atoms with Crippen LogP contribution in [0.2, 0.25) is 0 Å². The predicted octanol–water partition coefficient (Wildman–Crippen LogP) is 1.81. The van der Waals surface area contributed by atoms with Crippen molar-refractivity contribution < 1.29 is 14.3 Å². The molecule has 2 rings (SSSR count). The average Bonchev–Trinajstić information content (AvgIpc) is 2.39. The lowest BCUT2D eigenvalue weighted by Gasteiger charge is -2.38. The van der Waals surface area contributed by atoms with E-state index in [-0.39, 0.29) is 18.3 Å². The maximum absolute atomic E-state index is 12.9. The van der Waals surface area contributed by atoms with E-state index in [1.54, 1.807) is 12.1 Å². The van der Waals surface area contributed by atoms with E-state index in [1.807, 2.05) is 6.92 Å². The minimum Gasteiger partial charge on any atom is -0.481 e. The predicted molar refractivity (Wildman–Crippen MR) is 71.9 cm³/mol. The zero-order valence-corrected chi connectivity index (χ0v) is 11.1. The third kappa shape index (κ3) is 3.67. The van der Waals surface area contributed by atoms with Gasteiger partial charge in [0.15, 0.2) is 0 Å². The Morgan fingerprint density at radius 1 is 1.26 bits per heavy atom. The van der Waals surface area contributed by atoms with Crippen LogP contribution in [-0.4, -0.2) is 48.2 Å². The zero-order valence-electron chi connectivity index (χ0n) is 11.1. The van der Waals surface area contributed by atoms with Crippen molar-refractivity contribution in [1.82, 2.24) is 4.90 Å². The number of carbonyl (C=O) groups is 1. The Balaban J connectivity index is 1.88. The highest BCUT2D eigenvalue weighted by atomic mass is 19.1. The summed E-state index contributed by atoms with van der Waals surface area (Å²) >= 11 is 0. The molecule has 1 heterocycles. The highest BCUT2D eigenvalue weighted by Gasteiger charge is 2.22. The van der Waals surface area contributed by atoms with Crippen LogP contribution in [0.3, 0.4) is 0 Å². The summed E-state index contributed by atoms with van der Waals surface area (Å²) in [6.07, 6.45) is 0.177. The molecule has 0 amide bonds. The number of halogens is 1. The summed E-state index contributed by atoms with van der Waals surface area (Å²) in [4.78, 5) is 15.1. The highest BCUT2D eigenvalue weighted by molar-refractivity contribution is 5.67. The number of nitrogens with zero attached hydrogens (tertiary/aromatic N) is 2. The van der Waals surface area contributed by atoms with Crippen LogP contribution in [0.4, 0.5) is 10.1 Å². The van der Waals surface area contributed by atoms with Gasteiger partial charge in [0.05, 0.1) is 6.42 Å². The number of hydrogen-bond donors (Lipinski definition) is 1. The van der Waals surface area contributed by atoms with Crippen LogP contribution in [0.15, 0.2) is 24.3 Å². The first kappa shape index (κ1) is 13.8. The van der Waals surface area contributed by atoms with E-state index >= 15 is 0 Å². The average molecular weight is 266 g/mol. The monoisotopic (exact) mass is 266 g/mol. The van der Waals surface area contributed by atoms with Gasteiger partial charge in [-0.15, -0.1) is 0 Å². The summed E-state index contributed by atoms with van der Waals surface area (Å²) < 4.78 is 12.9. The largest absolute Gasteiger partial charge is 0.481 e. The summed E-state index contributed by atoms with van der Waals surface area (Å²) in [7, 11) is 0. The molecule has 0 aromatic heterocycles. The second-order valence-corrected chi connectivity index (χ2v) is 4.95. The van der Waals surface area contributed by atoms with E-state index in [0.717, 1.165) is 31.9 Å². The lowest BCUT2D eigenvalue weighted by atomic mass is 10.1. The molecular weight excluding hydrogens is 247 g/mol. The summed E-state index contributed by atoms with van der Waals surface area (Å²) in [5.74, 6) is -0.981. The molecule has 1 aliphatic rings. The van der Waals surface area contributed by atoms with Crippen molar-refractivity contribution in [3.8, 4) is 0 Å². The van der Waals surface area contributed by atoms with Crippen LogP contribution in [0.5, 0.6) is 0 Å². The van der Waals surface area contributed by atoms with Gasteiger partial charge in [-0.05, 0) is 31.2 Å². The molecule has 19 heavy (non-hydrogen) atoms. The fourth-order valence-electron chi connectivity index (χ4n) is 2.45. The Labute approximate surface area is 112 Å². The first-order valence-corrected chi connectivity index (χ1v) is 6.52. The van der Waals surface area contributed by atoms with Crippen LogP contribution in [0.1, 0.15) is 13.3 Å². The summed E-state index contributed by atoms with van der Waals surface area (Å²) in [6, 6.07) is 6.56. The molecule has 4 nitrogen and oxygen atoms in total. The molecule has 0 aliphatic carbocycles.